The van der Waals surface area contributed by atoms with E-state index < -0.39 is 29.9 Å². The van der Waals surface area contributed by atoms with Gasteiger partial charge in [0, 0.05) is 12.3 Å². The summed E-state index contributed by atoms with van der Waals surface area (Å²) in [6, 6.07) is 4.32. The van der Waals surface area contributed by atoms with Gasteiger partial charge in [-0.25, -0.2) is 4.79 Å². The summed E-state index contributed by atoms with van der Waals surface area (Å²) in [6.07, 6.45) is 1.58. The van der Waals surface area contributed by atoms with Crippen LogP contribution in [0.2, 0.25) is 0 Å². The van der Waals surface area contributed by atoms with Gasteiger partial charge in [-0.3, -0.25) is 4.79 Å². The number of aromatic hydroxyl groups is 2. The number of esters is 2. The van der Waals surface area contributed by atoms with E-state index in [-0.39, 0.29) is 30.1 Å². The summed E-state index contributed by atoms with van der Waals surface area (Å²) in [4.78, 5) is 35.5. The number of hydrogen-bond donors (Lipinski definition) is 2. The molecule has 0 spiro atoms. The number of carbonyl (C=O) groups is 3. The summed E-state index contributed by atoms with van der Waals surface area (Å²) in [5.74, 6) is -3.08. The summed E-state index contributed by atoms with van der Waals surface area (Å²) in [7, 11) is 1.21. The second-order valence-electron chi connectivity index (χ2n) is 6.22. The number of aldehydes is 1. The summed E-state index contributed by atoms with van der Waals surface area (Å²) < 4.78 is 15.2. The maximum absolute atomic E-state index is 12.2. The van der Waals surface area contributed by atoms with Crippen LogP contribution in [0.3, 0.4) is 0 Å². The molecule has 2 rings (SSSR count). The summed E-state index contributed by atoms with van der Waals surface area (Å²) >= 11 is 0. The average Bonchev–Trinajstić information content (AvgIpc) is 2.64. The molecule has 0 bridgehead atoms. The smallest absolute Gasteiger partial charge is 0.337 e. The molecule has 1 aromatic rings. The fourth-order valence-corrected chi connectivity index (χ4v) is 2.91. The number of methoxy groups -OCH3 is 1. The Morgan fingerprint density at radius 2 is 2.00 bits per heavy atom. The van der Waals surface area contributed by atoms with Crippen LogP contribution in [0.25, 0.3) is 0 Å². The zero-order chi connectivity index (χ0) is 20.0. The largest absolute Gasteiger partial charge is 0.504 e. The molecule has 146 valence electrons. The van der Waals surface area contributed by atoms with E-state index in [1.165, 1.54) is 25.5 Å². The molecule has 0 amide bonds. The topological polar surface area (TPSA) is 119 Å². The minimum atomic E-state index is -0.691. The van der Waals surface area contributed by atoms with Crippen molar-refractivity contribution in [1.29, 1.82) is 0 Å². The first-order valence-electron chi connectivity index (χ1n) is 8.43. The van der Waals surface area contributed by atoms with Crippen molar-refractivity contribution in [2.24, 2.45) is 11.8 Å². The molecular formula is C19H22O8. The zero-order valence-corrected chi connectivity index (χ0v) is 15.1. The van der Waals surface area contributed by atoms with Gasteiger partial charge >= 0.3 is 11.9 Å². The summed E-state index contributed by atoms with van der Waals surface area (Å²) in [5, 5.41) is 18.7. The highest BCUT2D eigenvalue weighted by Crippen LogP contribution is 2.33. The van der Waals surface area contributed by atoms with Crippen LogP contribution in [-0.4, -0.2) is 48.3 Å². The third-order valence-electron chi connectivity index (χ3n) is 4.47. The molecule has 2 unspecified atom stereocenters. The molecule has 1 aliphatic rings. The fraction of sp³-hybridized carbons (Fsp3) is 0.421. The third-order valence-corrected chi connectivity index (χ3v) is 4.47. The second-order valence-corrected chi connectivity index (χ2v) is 6.22. The Kier molecular flexibility index (Phi) is 6.81. The zero-order valence-electron chi connectivity index (χ0n) is 15.1. The summed E-state index contributed by atoms with van der Waals surface area (Å²) in [5.41, 5.74) is 0.798. The van der Waals surface area contributed by atoms with Crippen molar-refractivity contribution in [2.75, 3.05) is 13.7 Å². The Balaban J connectivity index is 1.97. The number of carbonyl (C=O) groups excluding carboxylic acids is 3. The monoisotopic (exact) mass is 378 g/mol. The first-order valence-corrected chi connectivity index (χ1v) is 8.43. The van der Waals surface area contributed by atoms with E-state index >= 15 is 0 Å². The van der Waals surface area contributed by atoms with Gasteiger partial charge in [0.2, 0.25) is 0 Å². The van der Waals surface area contributed by atoms with Crippen LogP contribution >= 0.6 is 0 Å². The van der Waals surface area contributed by atoms with Gasteiger partial charge in [-0.2, -0.15) is 0 Å². The number of benzene rings is 1. The molecule has 8 nitrogen and oxygen atoms in total. The van der Waals surface area contributed by atoms with Gasteiger partial charge in [-0.1, -0.05) is 6.07 Å². The molecule has 27 heavy (non-hydrogen) atoms. The average molecular weight is 378 g/mol. The van der Waals surface area contributed by atoms with Crippen molar-refractivity contribution in [3.05, 3.63) is 35.6 Å². The van der Waals surface area contributed by atoms with Gasteiger partial charge in [0.15, 0.2) is 11.5 Å². The van der Waals surface area contributed by atoms with Gasteiger partial charge in [0.05, 0.1) is 37.9 Å². The van der Waals surface area contributed by atoms with Gasteiger partial charge in [-0.05, 0) is 24.6 Å². The standard InChI is InChI=1S/C19H22O8/c1-11-14(9-20)13(15(10-27-11)19(24)25-2)8-18(23)26-6-5-12-3-4-16(21)17(22)7-12/h3-4,7,9-11,13-14,21-22H,5-6,8H2,1-2H3/t11?,13-,14?/m0/s1. The summed E-state index contributed by atoms with van der Waals surface area (Å²) in [6.45, 7) is 1.73. The molecule has 0 saturated heterocycles. The first-order chi connectivity index (χ1) is 12.9. The maximum Gasteiger partial charge on any atom is 0.337 e. The van der Waals surface area contributed by atoms with Crippen LogP contribution in [0.15, 0.2) is 30.0 Å². The molecule has 0 radical (unpaired) electrons. The lowest BCUT2D eigenvalue weighted by Crippen LogP contribution is -2.37. The third kappa shape index (κ3) is 4.99. The van der Waals surface area contributed by atoms with Gasteiger partial charge in [-0.15, -0.1) is 0 Å². The highest BCUT2D eigenvalue weighted by Gasteiger charge is 2.39. The maximum atomic E-state index is 12.2. The van der Waals surface area contributed by atoms with E-state index in [1.807, 2.05) is 0 Å². The lowest BCUT2D eigenvalue weighted by atomic mass is 9.80. The molecule has 0 aromatic heterocycles. The number of ether oxygens (including phenoxy) is 3. The van der Waals surface area contributed by atoms with E-state index in [1.54, 1.807) is 13.0 Å². The molecular weight excluding hydrogens is 356 g/mol. The van der Waals surface area contributed by atoms with Crippen LogP contribution in [0.4, 0.5) is 0 Å². The van der Waals surface area contributed by atoms with E-state index in [0.29, 0.717) is 18.3 Å². The van der Waals surface area contributed by atoms with Crippen molar-refractivity contribution >= 4 is 18.2 Å². The quantitative estimate of drug-likeness (QED) is 0.416. The molecule has 0 aliphatic carbocycles. The predicted octanol–water partition coefficient (Wildman–Crippen LogP) is 1.48. The minimum absolute atomic E-state index is 0.0465. The lowest BCUT2D eigenvalue weighted by Gasteiger charge is -2.32. The van der Waals surface area contributed by atoms with Crippen LogP contribution in [0, 0.1) is 11.8 Å². The van der Waals surface area contributed by atoms with E-state index in [9.17, 15) is 24.6 Å². The molecule has 0 saturated carbocycles. The molecule has 2 N–H and O–H groups in total. The van der Waals surface area contributed by atoms with E-state index in [4.69, 9.17) is 14.2 Å². The Morgan fingerprint density at radius 3 is 2.63 bits per heavy atom. The van der Waals surface area contributed by atoms with Crippen LogP contribution in [0.5, 0.6) is 11.5 Å². The molecule has 3 atom stereocenters. The molecule has 8 heteroatoms. The Hall–Kier alpha value is -3.03. The number of rotatable bonds is 7. The number of phenols is 2. The molecule has 0 fully saturated rings. The van der Waals surface area contributed by atoms with Crippen LogP contribution in [-0.2, 0) is 35.0 Å². The number of phenolic OH excluding ortho intramolecular Hbond substituents is 2. The predicted molar refractivity (Wildman–Crippen MR) is 92.7 cm³/mol. The Bertz CT molecular complexity index is 739. The highest BCUT2D eigenvalue weighted by atomic mass is 16.5. The van der Waals surface area contributed by atoms with Gasteiger partial charge < -0.3 is 29.2 Å². The number of hydrogen-bond acceptors (Lipinski definition) is 8. The van der Waals surface area contributed by atoms with Crippen molar-refractivity contribution in [2.45, 2.75) is 25.9 Å². The SMILES string of the molecule is COC(=O)C1=COC(C)C(C=O)[C@@H]1CC(=O)OCCc1ccc(O)c(O)c1. The normalized spacial score (nSPS) is 21.6. The van der Waals surface area contributed by atoms with Crippen molar-refractivity contribution in [3.63, 3.8) is 0 Å². The molecule has 1 aromatic carbocycles. The van der Waals surface area contributed by atoms with E-state index in [0.717, 1.165) is 0 Å². The van der Waals surface area contributed by atoms with Crippen LogP contribution in [0.1, 0.15) is 18.9 Å². The molecule has 1 heterocycles. The lowest BCUT2D eigenvalue weighted by molar-refractivity contribution is -0.146. The van der Waals surface area contributed by atoms with Crippen molar-refractivity contribution < 1.29 is 38.8 Å². The minimum Gasteiger partial charge on any atom is -0.504 e. The second kappa shape index (κ2) is 9.07. The van der Waals surface area contributed by atoms with Crippen molar-refractivity contribution in [1.82, 2.24) is 0 Å². The van der Waals surface area contributed by atoms with E-state index in [2.05, 4.69) is 0 Å². The van der Waals surface area contributed by atoms with Gasteiger partial charge in [0.1, 0.15) is 12.4 Å². The van der Waals surface area contributed by atoms with Gasteiger partial charge in [0.25, 0.3) is 0 Å². The highest BCUT2D eigenvalue weighted by molar-refractivity contribution is 5.90. The Morgan fingerprint density at radius 1 is 1.26 bits per heavy atom. The molecule has 1 aliphatic heterocycles. The Labute approximate surface area is 156 Å². The van der Waals surface area contributed by atoms with Crippen molar-refractivity contribution in [3.8, 4) is 11.5 Å². The van der Waals surface area contributed by atoms with Crippen LogP contribution < -0.4 is 0 Å². The fourth-order valence-electron chi connectivity index (χ4n) is 2.91. The first kappa shape index (κ1) is 20.3.